The van der Waals surface area contributed by atoms with Crippen molar-refractivity contribution < 1.29 is 22.8 Å². The lowest BCUT2D eigenvalue weighted by Gasteiger charge is -2.30. The molecule has 3 N–H and O–H groups in total. The second-order valence-corrected chi connectivity index (χ2v) is 7.11. The first-order chi connectivity index (χ1) is 15.3. The van der Waals surface area contributed by atoms with E-state index in [1.54, 1.807) is 54.6 Å². The minimum Gasteiger partial charge on any atom is -0.355 e. The Kier molecular flexibility index (Phi) is 5.67. The van der Waals surface area contributed by atoms with Crippen LogP contribution in [0.1, 0.15) is 15.9 Å². The third-order valence-corrected chi connectivity index (χ3v) is 4.75. The minimum atomic E-state index is -4.51. The molecule has 2 aromatic carbocycles. The molecule has 164 valence electrons. The Morgan fingerprint density at radius 2 is 1.72 bits per heavy atom. The highest BCUT2D eigenvalue weighted by molar-refractivity contribution is 6.04. The number of anilines is 4. The number of urea groups is 1. The van der Waals surface area contributed by atoms with Gasteiger partial charge in [-0.3, -0.25) is 10.1 Å². The lowest BCUT2D eigenvalue weighted by atomic mass is 10.1. The molecule has 2 heterocycles. The van der Waals surface area contributed by atoms with Crippen molar-refractivity contribution in [3.63, 3.8) is 0 Å². The quantitative estimate of drug-likeness (QED) is 0.521. The number of carbonyl (C=O) groups excluding carboxylic acids is 2. The van der Waals surface area contributed by atoms with Crippen LogP contribution in [0.15, 0.2) is 66.9 Å². The number of aromatic nitrogens is 1. The van der Waals surface area contributed by atoms with Crippen molar-refractivity contribution in [3.05, 3.63) is 78.0 Å². The summed E-state index contributed by atoms with van der Waals surface area (Å²) < 4.78 is 38.4. The summed E-state index contributed by atoms with van der Waals surface area (Å²) in [5, 5.41) is 8.32. The maximum absolute atomic E-state index is 12.8. The minimum absolute atomic E-state index is 0.213. The zero-order valence-corrected chi connectivity index (χ0v) is 16.6. The highest BCUT2D eigenvalue weighted by atomic mass is 19.4. The van der Waals surface area contributed by atoms with Crippen LogP contribution in [-0.2, 0) is 6.54 Å². The number of nitrogens with one attached hydrogen (secondary N) is 3. The highest BCUT2D eigenvalue weighted by Gasteiger charge is 2.36. The van der Waals surface area contributed by atoms with Gasteiger partial charge in [0.1, 0.15) is 12.4 Å². The monoisotopic (exact) mass is 441 g/mol. The molecule has 0 radical (unpaired) electrons. The zero-order valence-electron chi connectivity index (χ0n) is 16.6. The normalized spacial score (nSPS) is 13.2. The van der Waals surface area contributed by atoms with Crippen molar-refractivity contribution in [3.8, 4) is 0 Å². The fourth-order valence-electron chi connectivity index (χ4n) is 3.25. The predicted octanol–water partition coefficient (Wildman–Crippen LogP) is 4.99. The number of benzene rings is 2. The average molecular weight is 441 g/mol. The topological polar surface area (TPSA) is 86.4 Å². The second kappa shape index (κ2) is 8.58. The number of alkyl halides is 3. The van der Waals surface area contributed by atoms with Gasteiger partial charge in [0.15, 0.2) is 0 Å². The average Bonchev–Trinajstić information content (AvgIpc) is 2.76. The molecule has 7 nitrogen and oxygen atoms in total. The van der Waals surface area contributed by atoms with Gasteiger partial charge in [0.05, 0.1) is 6.54 Å². The van der Waals surface area contributed by atoms with Gasteiger partial charge < -0.3 is 15.5 Å². The maximum Gasteiger partial charge on any atom is 0.406 e. The molecule has 0 bridgehead atoms. The van der Waals surface area contributed by atoms with Gasteiger partial charge in [0.25, 0.3) is 5.91 Å². The number of fused-ring (bicyclic) bond motifs is 1. The number of carbonyl (C=O) groups is 2. The van der Waals surface area contributed by atoms with Crippen molar-refractivity contribution in [2.75, 3.05) is 22.5 Å². The standard InChI is InChI=1S/C22H18F3N5O2/c23-22(24,25)13-30-12-17-18(10-11-26-19(17)29-21(30)32)27-15-6-8-16(9-7-15)28-20(31)14-4-2-1-3-5-14/h1-11H,12-13H2,(H,28,31)(H2,26,27,29,32). The molecule has 0 spiro atoms. The molecule has 0 saturated heterocycles. The van der Waals surface area contributed by atoms with E-state index in [-0.39, 0.29) is 18.3 Å². The molecule has 0 unspecified atom stereocenters. The summed E-state index contributed by atoms with van der Waals surface area (Å²) in [7, 11) is 0. The highest BCUT2D eigenvalue weighted by Crippen LogP contribution is 2.32. The Bertz CT molecular complexity index is 1130. The second-order valence-electron chi connectivity index (χ2n) is 7.11. The van der Waals surface area contributed by atoms with E-state index >= 15 is 0 Å². The molecule has 10 heteroatoms. The van der Waals surface area contributed by atoms with Gasteiger partial charge in [-0.05, 0) is 42.5 Å². The van der Waals surface area contributed by atoms with E-state index in [1.807, 2.05) is 6.07 Å². The smallest absolute Gasteiger partial charge is 0.355 e. The van der Waals surface area contributed by atoms with Gasteiger partial charge in [-0.25, -0.2) is 9.78 Å². The number of nitrogens with zero attached hydrogens (tertiary/aromatic N) is 2. The van der Waals surface area contributed by atoms with E-state index in [0.717, 1.165) is 0 Å². The number of halogens is 3. The number of amides is 3. The molecular weight excluding hydrogens is 423 g/mol. The molecule has 32 heavy (non-hydrogen) atoms. The van der Waals surface area contributed by atoms with Crippen LogP contribution in [0.2, 0.25) is 0 Å². The predicted molar refractivity (Wildman–Crippen MR) is 114 cm³/mol. The largest absolute Gasteiger partial charge is 0.406 e. The first kappa shape index (κ1) is 21.2. The van der Waals surface area contributed by atoms with Crippen LogP contribution in [0.3, 0.4) is 0 Å². The van der Waals surface area contributed by atoms with E-state index in [0.29, 0.717) is 33.1 Å². The number of hydrogen-bond acceptors (Lipinski definition) is 4. The summed E-state index contributed by atoms with van der Waals surface area (Å²) in [4.78, 5) is 28.9. The summed E-state index contributed by atoms with van der Waals surface area (Å²) in [5.74, 6) is -0.0276. The van der Waals surface area contributed by atoms with Gasteiger partial charge in [-0.1, -0.05) is 18.2 Å². The molecule has 0 atom stereocenters. The van der Waals surface area contributed by atoms with Crippen molar-refractivity contribution in [2.45, 2.75) is 12.7 Å². The van der Waals surface area contributed by atoms with Crippen LogP contribution >= 0.6 is 0 Å². The molecule has 4 rings (SSSR count). The molecule has 1 aliphatic rings. The molecule has 3 aromatic rings. The molecular formula is C22H18F3N5O2. The third-order valence-electron chi connectivity index (χ3n) is 4.75. The summed E-state index contributed by atoms with van der Waals surface area (Å²) in [6.45, 7) is -1.59. The van der Waals surface area contributed by atoms with Gasteiger partial charge in [-0.2, -0.15) is 13.2 Å². The number of pyridine rings is 1. The number of rotatable bonds is 5. The van der Waals surface area contributed by atoms with E-state index in [9.17, 15) is 22.8 Å². The molecule has 1 aromatic heterocycles. The van der Waals surface area contributed by atoms with E-state index < -0.39 is 18.8 Å². The summed E-state index contributed by atoms with van der Waals surface area (Å²) in [6, 6.07) is 16.4. The van der Waals surface area contributed by atoms with Crippen molar-refractivity contribution >= 4 is 34.8 Å². The van der Waals surface area contributed by atoms with Gasteiger partial charge in [0, 0.05) is 34.4 Å². The molecule has 0 saturated carbocycles. The Morgan fingerprint density at radius 1 is 1.03 bits per heavy atom. The van der Waals surface area contributed by atoms with E-state index in [4.69, 9.17) is 0 Å². The molecule has 3 amide bonds. The lowest BCUT2D eigenvalue weighted by molar-refractivity contribution is -0.140. The van der Waals surface area contributed by atoms with Gasteiger partial charge in [0.2, 0.25) is 0 Å². The fraction of sp³-hybridized carbons (Fsp3) is 0.136. The SMILES string of the molecule is O=C(Nc1ccc(Nc2ccnc3c2CN(CC(F)(F)F)C(=O)N3)cc1)c1ccccc1. The summed E-state index contributed by atoms with van der Waals surface area (Å²) in [6.07, 6.45) is -3.06. The van der Waals surface area contributed by atoms with Crippen LogP contribution in [0, 0.1) is 0 Å². The van der Waals surface area contributed by atoms with Crippen molar-refractivity contribution in [2.24, 2.45) is 0 Å². The number of hydrogen-bond donors (Lipinski definition) is 3. The Labute approximate surface area is 181 Å². The van der Waals surface area contributed by atoms with Gasteiger partial charge >= 0.3 is 12.2 Å². The zero-order chi connectivity index (χ0) is 22.7. The van der Waals surface area contributed by atoms with Crippen LogP contribution in [0.25, 0.3) is 0 Å². The fourth-order valence-corrected chi connectivity index (χ4v) is 3.25. The van der Waals surface area contributed by atoms with Crippen LogP contribution in [0.4, 0.5) is 40.8 Å². The van der Waals surface area contributed by atoms with E-state index in [2.05, 4.69) is 20.9 Å². The summed E-state index contributed by atoms with van der Waals surface area (Å²) >= 11 is 0. The third kappa shape index (κ3) is 4.97. The van der Waals surface area contributed by atoms with E-state index in [1.165, 1.54) is 6.20 Å². The first-order valence-corrected chi connectivity index (χ1v) is 9.62. The van der Waals surface area contributed by atoms with Crippen molar-refractivity contribution in [1.29, 1.82) is 0 Å². The Morgan fingerprint density at radius 3 is 2.41 bits per heavy atom. The van der Waals surface area contributed by atoms with Crippen molar-refractivity contribution in [1.82, 2.24) is 9.88 Å². The molecule has 0 fully saturated rings. The summed E-state index contributed by atoms with van der Waals surface area (Å²) in [5.41, 5.74) is 2.73. The Hall–Kier alpha value is -4.08. The molecule has 1 aliphatic heterocycles. The van der Waals surface area contributed by atoms with Crippen LogP contribution < -0.4 is 16.0 Å². The van der Waals surface area contributed by atoms with Crippen LogP contribution in [-0.4, -0.2) is 34.5 Å². The first-order valence-electron chi connectivity index (χ1n) is 9.62. The Balaban J connectivity index is 1.48. The van der Waals surface area contributed by atoms with Crippen LogP contribution in [0.5, 0.6) is 0 Å². The lowest BCUT2D eigenvalue weighted by Crippen LogP contribution is -2.44. The molecule has 0 aliphatic carbocycles. The van der Waals surface area contributed by atoms with Gasteiger partial charge in [-0.15, -0.1) is 0 Å². The maximum atomic E-state index is 12.8.